The van der Waals surface area contributed by atoms with E-state index in [0.29, 0.717) is 12.1 Å². The van der Waals surface area contributed by atoms with E-state index in [1.54, 1.807) is 13.1 Å². The molecular formula is C25H43N5O5. The molecular weight excluding hydrogens is 450 g/mol. The monoisotopic (exact) mass is 493 g/mol. The van der Waals surface area contributed by atoms with Crippen LogP contribution in [0.1, 0.15) is 96.6 Å². The molecule has 1 aromatic heterocycles. The van der Waals surface area contributed by atoms with Crippen LogP contribution in [0.2, 0.25) is 0 Å². The van der Waals surface area contributed by atoms with Crippen LogP contribution in [0.5, 0.6) is 0 Å². The van der Waals surface area contributed by atoms with Gasteiger partial charge in [-0.1, -0.05) is 71.1 Å². The van der Waals surface area contributed by atoms with Gasteiger partial charge in [0.2, 0.25) is 17.7 Å². The van der Waals surface area contributed by atoms with Crippen molar-refractivity contribution >= 4 is 23.7 Å². The number of amides is 3. The molecule has 2 atom stereocenters. The number of H-pyrrole nitrogens is 1. The first-order chi connectivity index (χ1) is 16.8. The number of aromatic nitrogens is 2. The van der Waals surface area contributed by atoms with Gasteiger partial charge in [-0.2, -0.15) is 0 Å². The number of hydrogen-bond acceptors (Lipinski definition) is 5. The zero-order chi connectivity index (χ0) is 25.9. The third-order valence-corrected chi connectivity index (χ3v) is 5.80. The molecule has 5 N–H and O–H groups in total. The molecule has 0 fully saturated rings. The summed E-state index contributed by atoms with van der Waals surface area (Å²) < 4.78 is 0. The van der Waals surface area contributed by atoms with E-state index in [9.17, 15) is 24.3 Å². The predicted octanol–water partition coefficient (Wildman–Crippen LogP) is 2.84. The molecule has 0 aliphatic heterocycles. The number of carbonyl (C=O) groups excluding carboxylic acids is 3. The lowest BCUT2D eigenvalue weighted by Crippen LogP contribution is -2.50. The molecule has 0 radical (unpaired) electrons. The number of rotatable bonds is 20. The van der Waals surface area contributed by atoms with Crippen LogP contribution in [-0.2, 0) is 25.6 Å². The second-order valence-electron chi connectivity index (χ2n) is 9.02. The molecule has 1 heterocycles. The van der Waals surface area contributed by atoms with Crippen molar-refractivity contribution in [1.29, 1.82) is 0 Å². The molecule has 198 valence electrons. The summed E-state index contributed by atoms with van der Waals surface area (Å²) in [5, 5.41) is 16.7. The van der Waals surface area contributed by atoms with Gasteiger partial charge in [0.05, 0.1) is 18.6 Å². The van der Waals surface area contributed by atoms with E-state index in [-0.39, 0.29) is 18.9 Å². The number of carboxylic acid groups (broad SMARTS) is 1. The molecule has 1 aromatic rings. The van der Waals surface area contributed by atoms with E-state index in [2.05, 4.69) is 32.8 Å². The maximum atomic E-state index is 12.2. The fourth-order valence-electron chi connectivity index (χ4n) is 3.71. The second-order valence-corrected chi connectivity index (χ2v) is 9.02. The van der Waals surface area contributed by atoms with Crippen LogP contribution in [0, 0.1) is 0 Å². The number of hydrogen-bond donors (Lipinski definition) is 5. The van der Waals surface area contributed by atoms with Crippen LogP contribution in [0.15, 0.2) is 12.5 Å². The summed E-state index contributed by atoms with van der Waals surface area (Å²) in [6, 6.07) is -1.95. The summed E-state index contributed by atoms with van der Waals surface area (Å²) in [6.07, 6.45) is 16.6. The van der Waals surface area contributed by atoms with E-state index in [0.717, 1.165) is 19.3 Å². The van der Waals surface area contributed by atoms with Crippen molar-refractivity contribution in [2.45, 2.75) is 109 Å². The molecule has 35 heavy (non-hydrogen) atoms. The summed E-state index contributed by atoms with van der Waals surface area (Å²) in [6.45, 7) is 3.38. The van der Waals surface area contributed by atoms with Gasteiger partial charge in [-0.3, -0.25) is 14.4 Å². The Bertz CT molecular complexity index is 753. The molecule has 1 rings (SSSR count). The largest absolute Gasteiger partial charge is 0.480 e. The Hall–Kier alpha value is -2.91. The normalized spacial score (nSPS) is 12.5. The summed E-state index contributed by atoms with van der Waals surface area (Å²) >= 11 is 0. The minimum absolute atomic E-state index is 0.0179. The van der Waals surface area contributed by atoms with E-state index in [4.69, 9.17) is 0 Å². The van der Waals surface area contributed by atoms with Gasteiger partial charge < -0.3 is 26.0 Å². The lowest BCUT2D eigenvalue weighted by atomic mass is 10.1. The number of nitrogens with one attached hydrogen (secondary N) is 4. The highest BCUT2D eigenvalue weighted by Crippen LogP contribution is 2.12. The summed E-state index contributed by atoms with van der Waals surface area (Å²) in [5.41, 5.74) is 0.496. The van der Waals surface area contributed by atoms with Crippen molar-refractivity contribution in [3.8, 4) is 0 Å². The molecule has 0 bridgehead atoms. The average molecular weight is 494 g/mol. The second kappa shape index (κ2) is 18.4. The van der Waals surface area contributed by atoms with Gasteiger partial charge in [-0.15, -0.1) is 0 Å². The molecule has 0 aromatic carbocycles. The molecule has 3 amide bonds. The van der Waals surface area contributed by atoms with E-state index in [1.165, 1.54) is 57.7 Å². The fourth-order valence-corrected chi connectivity index (χ4v) is 3.71. The lowest BCUT2D eigenvalue weighted by Gasteiger charge is -2.16. The maximum absolute atomic E-state index is 12.2. The Kier molecular flexibility index (Phi) is 15.9. The van der Waals surface area contributed by atoms with Gasteiger partial charge in [0.1, 0.15) is 12.1 Å². The summed E-state index contributed by atoms with van der Waals surface area (Å²) in [5.74, 6) is -2.54. The number of aromatic amines is 1. The third-order valence-electron chi connectivity index (χ3n) is 5.80. The average Bonchev–Trinajstić information content (AvgIpc) is 3.33. The predicted molar refractivity (Wildman–Crippen MR) is 134 cm³/mol. The smallest absolute Gasteiger partial charge is 0.326 e. The Balaban J connectivity index is 2.13. The Morgan fingerprint density at radius 2 is 1.51 bits per heavy atom. The molecule has 0 unspecified atom stereocenters. The fraction of sp³-hybridized carbons (Fsp3) is 0.720. The Morgan fingerprint density at radius 3 is 2.06 bits per heavy atom. The molecule has 0 aliphatic carbocycles. The highest BCUT2D eigenvalue weighted by Gasteiger charge is 2.22. The third kappa shape index (κ3) is 14.9. The molecule has 0 saturated heterocycles. The van der Waals surface area contributed by atoms with Crippen LogP contribution in [0.4, 0.5) is 0 Å². The number of aliphatic carboxylic acids is 1. The zero-order valence-corrected chi connectivity index (χ0v) is 21.2. The van der Waals surface area contributed by atoms with Crippen molar-refractivity contribution in [2.75, 3.05) is 6.54 Å². The first kappa shape index (κ1) is 30.1. The van der Waals surface area contributed by atoms with Gasteiger partial charge in [0.25, 0.3) is 0 Å². The lowest BCUT2D eigenvalue weighted by molar-refractivity contribution is -0.141. The topological polar surface area (TPSA) is 153 Å². The first-order valence-electron chi connectivity index (χ1n) is 12.9. The molecule has 10 nitrogen and oxygen atoms in total. The van der Waals surface area contributed by atoms with Crippen LogP contribution in [0.3, 0.4) is 0 Å². The van der Waals surface area contributed by atoms with Crippen LogP contribution in [0.25, 0.3) is 0 Å². The van der Waals surface area contributed by atoms with Crippen LogP contribution in [-0.4, -0.2) is 57.4 Å². The minimum atomic E-state index is -1.20. The number of unbranched alkanes of at least 4 members (excludes halogenated alkanes) is 10. The summed E-state index contributed by atoms with van der Waals surface area (Å²) in [4.78, 5) is 54.3. The van der Waals surface area contributed by atoms with Crippen molar-refractivity contribution in [1.82, 2.24) is 25.9 Å². The zero-order valence-electron chi connectivity index (χ0n) is 21.2. The number of nitrogens with zero attached hydrogens (tertiary/aromatic N) is 1. The minimum Gasteiger partial charge on any atom is -0.480 e. The van der Waals surface area contributed by atoms with Crippen molar-refractivity contribution < 1.29 is 24.3 Å². The van der Waals surface area contributed by atoms with E-state index in [1.807, 2.05) is 0 Å². The number of carboxylic acids is 1. The Labute approximate surface area is 208 Å². The molecule has 0 spiro atoms. The number of carbonyl (C=O) groups is 4. The highest BCUT2D eigenvalue weighted by molar-refractivity contribution is 5.91. The quantitative estimate of drug-likeness (QED) is 0.176. The van der Waals surface area contributed by atoms with Crippen molar-refractivity contribution in [3.05, 3.63) is 18.2 Å². The van der Waals surface area contributed by atoms with Crippen LogP contribution < -0.4 is 16.0 Å². The van der Waals surface area contributed by atoms with Gasteiger partial charge in [-0.05, 0) is 13.3 Å². The summed E-state index contributed by atoms with van der Waals surface area (Å²) in [7, 11) is 0. The van der Waals surface area contributed by atoms with Gasteiger partial charge in [-0.25, -0.2) is 9.78 Å². The van der Waals surface area contributed by atoms with Crippen molar-refractivity contribution in [2.24, 2.45) is 0 Å². The highest BCUT2D eigenvalue weighted by atomic mass is 16.4. The standard InChI is InChI=1S/C25H43N5O5/c1-3-4-5-6-7-8-9-10-11-12-13-14-22(31)29-19(2)24(33)27-17-23(32)30-21(25(34)35)15-20-16-26-18-28-20/h16,18-19,21H,3-15,17H2,1-2H3,(H,26,28)(H,27,33)(H,29,31)(H,30,32)(H,34,35)/t19-,21-/m0/s1. The number of imidazole rings is 1. The SMILES string of the molecule is CCCCCCCCCCCCCC(=O)N[C@@H](C)C(=O)NCC(=O)N[C@@H](Cc1c[nH]cn1)C(=O)O. The van der Waals surface area contributed by atoms with Crippen molar-refractivity contribution in [3.63, 3.8) is 0 Å². The van der Waals surface area contributed by atoms with Gasteiger partial charge >= 0.3 is 5.97 Å². The molecule has 0 saturated carbocycles. The van der Waals surface area contributed by atoms with E-state index < -0.39 is 29.9 Å². The molecule has 10 heteroatoms. The maximum Gasteiger partial charge on any atom is 0.326 e. The van der Waals surface area contributed by atoms with Gasteiger partial charge in [0.15, 0.2) is 0 Å². The molecule has 0 aliphatic rings. The van der Waals surface area contributed by atoms with Gasteiger partial charge in [0, 0.05) is 19.0 Å². The van der Waals surface area contributed by atoms with E-state index >= 15 is 0 Å². The first-order valence-corrected chi connectivity index (χ1v) is 12.9. The Morgan fingerprint density at radius 1 is 0.914 bits per heavy atom. The van der Waals surface area contributed by atoms with Crippen LogP contribution >= 0.6 is 0 Å².